The third-order valence-electron chi connectivity index (χ3n) is 5.65. The number of nitrogens with zero attached hydrogens (tertiary/aromatic N) is 4. The molecule has 3 aromatic heterocycles. The van der Waals surface area contributed by atoms with Gasteiger partial charge in [-0.3, -0.25) is 4.79 Å². The molecule has 0 spiro atoms. The van der Waals surface area contributed by atoms with Crippen LogP contribution in [0.3, 0.4) is 0 Å². The predicted molar refractivity (Wildman–Crippen MR) is 125 cm³/mol. The van der Waals surface area contributed by atoms with Gasteiger partial charge in [0, 0.05) is 48.6 Å². The van der Waals surface area contributed by atoms with E-state index in [1.54, 1.807) is 18.6 Å². The molecule has 8 nitrogen and oxygen atoms in total. The highest BCUT2D eigenvalue weighted by atomic mass is 16.5. The zero-order chi connectivity index (χ0) is 22.1. The Morgan fingerprint density at radius 3 is 2.81 bits per heavy atom. The molecule has 2 N–H and O–H groups in total. The Kier molecular flexibility index (Phi) is 5.28. The highest BCUT2D eigenvalue weighted by Crippen LogP contribution is 2.30. The third-order valence-corrected chi connectivity index (χ3v) is 5.65. The average molecular weight is 428 g/mol. The number of aryl methyl sites for hydroxylation is 1. The van der Waals surface area contributed by atoms with Crippen LogP contribution >= 0.6 is 0 Å². The molecule has 0 bridgehead atoms. The van der Waals surface area contributed by atoms with E-state index >= 15 is 0 Å². The van der Waals surface area contributed by atoms with Crippen LogP contribution in [-0.2, 0) is 4.74 Å². The Labute approximate surface area is 185 Å². The van der Waals surface area contributed by atoms with Crippen molar-refractivity contribution in [2.24, 2.45) is 0 Å². The predicted octanol–water partition coefficient (Wildman–Crippen LogP) is 3.66. The molecular formula is C24H24N6O2. The van der Waals surface area contributed by atoms with E-state index in [1.165, 1.54) is 12.0 Å². The van der Waals surface area contributed by atoms with E-state index in [4.69, 9.17) is 9.72 Å². The fourth-order valence-corrected chi connectivity index (χ4v) is 4.15. The molecule has 4 aromatic rings. The number of aromatic nitrogens is 4. The van der Waals surface area contributed by atoms with E-state index in [1.807, 2.05) is 18.2 Å². The number of aromatic amines is 1. The Morgan fingerprint density at radius 2 is 2.03 bits per heavy atom. The first-order valence-electron chi connectivity index (χ1n) is 10.6. The number of fused-ring (bicyclic) bond motifs is 1. The minimum absolute atomic E-state index is 0.191. The number of morpholine rings is 1. The number of nitrogens with one attached hydrogen (secondary N) is 2. The maximum Gasteiger partial charge on any atom is 0.259 e. The zero-order valence-corrected chi connectivity index (χ0v) is 18.0. The standard InChI is InChI=1S/C24H24N6O2/c1-15-9-19(3-4-21(15)30-7-8-32-16(2)13-30)28-23-22-17(5-6-27-24(22)31)10-20(29-23)18-11-25-14-26-12-18/h3-6,9-12,14,16H,7-8,13H2,1-2H3,(H,27,31)(H,28,29). The Morgan fingerprint density at radius 1 is 1.19 bits per heavy atom. The van der Waals surface area contributed by atoms with Gasteiger partial charge in [0.15, 0.2) is 0 Å². The maximum absolute atomic E-state index is 12.6. The van der Waals surface area contributed by atoms with Crippen molar-refractivity contribution in [2.45, 2.75) is 20.0 Å². The Hall–Kier alpha value is -3.78. The number of pyridine rings is 2. The van der Waals surface area contributed by atoms with E-state index in [2.05, 4.69) is 51.1 Å². The van der Waals surface area contributed by atoms with Crippen molar-refractivity contribution >= 4 is 28.0 Å². The third kappa shape index (κ3) is 3.92. The summed E-state index contributed by atoms with van der Waals surface area (Å²) in [5, 5.41) is 4.67. The summed E-state index contributed by atoms with van der Waals surface area (Å²) >= 11 is 0. The number of ether oxygens (including phenoxy) is 1. The van der Waals surface area contributed by atoms with E-state index in [0.29, 0.717) is 16.9 Å². The molecular weight excluding hydrogens is 404 g/mol. The van der Waals surface area contributed by atoms with Gasteiger partial charge in [-0.1, -0.05) is 0 Å². The monoisotopic (exact) mass is 428 g/mol. The first kappa shape index (κ1) is 20.1. The second kappa shape index (κ2) is 8.39. The topological polar surface area (TPSA) is 96.0 Å². The van der Waals surface area contributed by atoms with Gasteiger partial charge < -0.3 is 19.9 Å². The molecule has 162 valence electrons. The number of anilines is 3. The van der Waals surface area contributed by atoms with Crippen LogP contribution in [0.5, 0.6) is 0 Å². The molecule has 0 amide bonds. The van der Waals surface area contributed by atoms with Crippen molar-refractivity contribution in [1.82, 2.24) is 19.9 Å². The molecule has 1 unspecified atom stereocenters. The Bertz CT molecular complexity index is 1320. The molecule has 32 heavy (non-hydrogen) atoms. The van der Waals surface area contributed by atoms with Gasteiger partial charge in [0.2, 0.25) is 0 Å². The lowest BCUT2D eigenvalue weighted by Crippen LogP contribution is -2.41. The van der Waals surface area contributed by atoms with Crippen LogP contribution in [-0.4, -0.2) is 45.7 Å². The number of hydrogen-bond donors (Lipinski definition) is 2. The number of rotatable bonds is 4. The van der Waals surface area contributed by atoms with Crippen LogP contribution in [0.2, 0.25) is 0 Å². The molecule has 1 aliphatic rings. The molecule has 0 aliphatic carbocycles. The van der Waals surface area contributed by atoms with Crippen LogP contribution in [0.4, 0.5) is 17.2 Å². The van der Waals surface area contributed by atoms with Crippen molar-refractivity contribution in [3.05, 3.63) is 71.2 Å². The van der Waals surface area contributed by atoms with E-state index in [-0.39, 0.29) is 11.7 Å². The second-order valence-corrected chi connectivity index (χ2v) is 8.01. The second-order valence-electron chi connectivity index (χ2n) is 8.01. The van der Waals surface area contributed by atoms with Crippen molar-refractivity contribution in [2.75, 3.05) is 29.9 Å². The number of hydrogen-bond acceptors (Lipinski definition) is 7. The Balaban J connectivity index is 1.53. The molecule has 1 fully saturated rings. The van der Waals surface area contributed by atoms with Gasteiger partial charge in [0.25, 0.3) is 5.56 Å². The molecule has 1 aromatic carbocycles. The summed E-state index contributed by atoms with van der Waals surface area (Å²) in [4.78, 5) is 30.6. The smallest absolute Gasteiger partial charge is 0.259 e. The molecule has 5 rings (SSSR count). The zero-order valence-electron chi connectivity index (χ0n) is 18.0. The summed E-state index contributed by atoms with van der Waals surface area (Å²) in [6.45, 7) is 6.67. The minimum atomic E-state index is -0.191. The summed E-state index contributed by atoms with van der Waals surface area (Å²) < 4.78 is 5.67. The lowest BCUT2D eigenvalue weighted by molar-refractivity contribution is 0.0532. The van der Waals surface area contributed by atoms with Crippen molar-refractivity contribution in [3.63, 3.8) is 0 Å². The minimum Gasteiger partial charge on any atom is -0.375 e. The van der Waals surface area contributed by atoms with Gasteiger partial charge in [-0.2, -0.15) is 0 Å². The summed E-state index contributed by atoms with van der Waals surface area (Å²) in [6, 6.07) is 9.95. The molecule has 8 heteroatoms. The SMILES string of the molecule is Cc1cc(Nc2nc(-c3cncnc3)cc3cc[nH]c(=O)c23)ccc1N1CCOC(C)C1. The van der Waals surface area contributed by atoms with Gasteiger partial charge in [-0.25, -0.2) is 15.0 Å². The largest absolute Gasteiger partial charge is 0.375 e. The molecule has 4 heterocycles. The van der Waals surface area contributed by atoms with Crippen molar-refractivity contribution in [3.8, 4) is 11.3 Å². The fourth-order valence-electron chi connectivity index (χ4n) is 4.15. The first-order chi connectivity index (χ1) is 15.6. The lowest BCUT2D eigenvalue weighted by atomic mass is 10.1. The summed E-state index contributed by atoms with van der Waals surface area (Å²) in [6.07, 6.45) is 6.75. The summed E-state index contributed by atoms with van der Waals surface area (Å²) in [5.74, 6) is 0.496. The number of benzene rings is 1. The fraction of sp³-hybridized carbons (Fsp3) is 0.250. The number of H-pyrrole nitrogens is 1. The average Bonchev–Trinajstić information content (AvgIpc) is 2.79. The summed E-state index contributed by atoms with van der Waals surface area (Å²) in [7, 11) is 0. The van der Waals surface area contributed by atoms with Crippen LogP contribution in [0.1, 0.15) is 12.5 Å². The first-order valence-corrected chi connectivity index (χ1v) is 10.6. The van der Waals surface area contributed by atoms with Gasteiger partial charge in [0.05, 0.1) is 23.8 Å². The van der Waals surface area contributed by atoms with Crippen LogP contribution in [0, 0.1) is 6.92 Å². The van der Waals surface area contributed by atoms with Crippen LogP contribution in [0.15, 0.2) is 60.0 Å². The quantitative estimate of drug-likeness (QED) is 0.512. The van der Waals surface area contributed by atoms with Crippen molar-refractivity contribution in [1.29, 1.82) is 0 Å². The van der Waals surface area contributed by atoms with E-state index < -0.39 is 0 Å². The molecule has 1 atom stereocenters. The van der Waals surface area contributed by atoms with Gasteiger partial charge in [0.1, 0.15) is 12.1 Å². The van der Waals surface area contributed by atoms with Gasteiger partial charge in [-0.15, -0.1) is 0 Å². The van der Waals surface area contributed by atoms with Crippen molar-refractivity contribution < 1.29 is 4.74 Å². The van der Waals surface area contributed by atoms with Crippen LogP contribution in [0.25, 0.3) is 22.0 Å². The normalized spacial score (nSPS) is 16.3. The highest BCUT2D eigenvalue weighted by molar-refractivity contribution is 5.95. The maximum atomic E-state index is 12.6. The lowest BCUT2D eigenvalue weighted by Gasteiger charge is -2.34. The molecule has 0 radical (unpaired) electrons. The molecule has 1 aliphatic heterocycles. The van der Waals surface area contributed by atoms with E-state index in [9.17, 15) is 4.79 Å². The highest BCUT2D eigenvalue weighted by Gasteiger charge is 2.19. The van der Waals surface area contributed by atoms with Gasteiger partial charge >= 0.3 is 0 Å². The molecule has 1 saturated heterocycles. The van der Waals surface area contributed by atoms with Crippen LogP contribution < -0.4 is 15.8 Å². The molecule has 0 saturated carbocycles. The van der Waals surface area contributed by atoms with E-state index in [0.717, 1.165) is 41.9 Å². The van der Waals surface area contributed by atoms with Gasteiger partial charge in [-0.05, 0) is 55.1 Å². The summed E-state index contributed by atoms with van der Waals surface area (Å²) in [5.41, 5.74) is 4.49.